The zero-order chi connectivity index (χ0) is 11.2. The van der Waals surface area contributed by atoms with Crippen LogP contribution in [-0.4, -0.2) is 45.0 Å². The van der Waals surface area contributed by atoms with Gasteiger partial charge < -0.3 is 5.32 Å². The molecule has 0 spiro atoms. The number of hydrogen-bond acceptors (Lipinski definition) is 4. The average molecular weight is 239 g/mol. The van der Waals surface area contributed by atoms with E-state index in [9.17, 15) is 8.42 Å². The summed E-state index contributed by atoms with van der Waals surface area (Å²) in [5, 5.41) is 3.23. The fourth-order valence-corrected chi connectivity index (χ4v) is 2.97. The van der Waals surface area contributed by atoms with Crippen LogP contribution in [0.3, 0.4) is 0 Å². The highest BCUT2D eigenvalue weighted by Gasteiger charge is 2.10. The van der Waals surface area contributed by atoms with Gasteiger partial charge in [-0.1, -0.05) is 6.92 Å². The smallest absolute Gasteiger partial charge is 0.148 e. The van der Waals surface area contributed by atoms with Gasteiger partial charge in [0.2, 0.25) is 0 Å². The minimum Gasteiger partial charge on any atom is -0.313 e. The maximum absolute atomic E-state index is 11.0. The van der Waals surface area contributed by atoms with Crippen LogP contribution in [0.2, 0.25) is 0 Å². The second-order valence-electron chi connectivity index (χ2n) is 3.96. The zero-order valence-corrected chi connectivity index (χ0v) is 11.0. The van der Waals surface area contributed by atoms with Crippen molar-refractivity contribution in [2.45, 2.75) is 19.9 Å². The van der Waals surface area contributed by atoms with Gasteiger partial charge >= 0.3 is 0 Å². The fourth-order valence-electron chi connectivity index (χ4n) is 1.26. The molecule has 0 heterocycles. The van der Waals surface area contributed by atoms with E-state index in [-0.39, 0.29) is 11.8 Å². The van der Waals surface area contributed by atoms with Crippen LogP contribution in [0, 0.1) is 5.92 Å². The van der Waals surface area contributed by atoms with Crippen LogP contribution in [-0.2, 0) is 9.84 Å². The maximum atomic E-state index is 11.0. The van der Waals surface area contributed by atoms with Gasteiger partial charge in [0, 0.05) is 12.3 Å². The molecule has 0 rings (SSSR count). The minimum atomic E-state index is -2.85. The summed E-state index contributed by atoms with van der Waals surface area (Å²) in [5.74, 6) is 1.92. The van der Waals surface area contributed by atoms with Crippen LogP contribution < -0.4 is 5.32 Å². The first-order chi connectivity index (χ1) is 6.35. The Kier molecular flexibility index (Phi) is 6.81. The Hall–Kier alpha value is 0.260. The molecule has 1 N–H and O–H groups in total. The monoisotopic (exact) mass is 239 g/mol. The number of nitrogens with one attached hydrogen (secondary N) is 1. The number of sulfone groups is 1. The Morgan fingerprint density at radius 2 is 1.93 bits per heavy atom. The summed E-state index contributed by atoms with van der Waals surface area (Å²) in [5.41, 5.74) is 0. The van der Waals surface area contributed by atoms with Crippen LogP contribution in [0.5, 0.6) is 0 Å². The first-order valence-corrected chi connectivity index (χ1v) is 8.20. The SMILES string of the molecule is CSCC(C)CNC(C)CS(C)(=O)=O. The van der Waals surface area contributed by atoms with E-state index in [1.54, 1.807) is 0 Å². The summed E-state index contributed by atoms with van der Waals surface area (Å²) >= 11 is 1.82. The van der Waals surface area contributed by atoms with Gasteiger partial charge in [0.05, 0.1) is 5.75 Å². The second-order valence-corrected chi connectivity index (χ2v) is 7.06. The Morgan fingerprint density at radius 3 is 2.36 bits per heavy atom. The molecule has 0 aliphatic heterocycles. The molecular formula is C9H21NO2S2. The highest BCUT2D eigenvalue weighted by molar-refractivity contribution is 7.98. The molecule has 2 unspecified atom stereocenters. The molecule has 14 heavy (non-hydrogen) atoms. The molecule has 2 atom stereocenters. The van der Waals surface area contributed by atoms with Crippen LogP contribution in [0.4, 0.5) is 0 Å². The van der Waals surface area contributed by atoms with E-state index in [4.69, 9.17) is 0 Å². The minimum absolute atomic E-state index is 0.0503. The first-order valence-electron chi connectivity index (χ1n) is 4.75. The van der Waals surface area contributed by atoms with E-state index in [2.05, 4.69) is 18.5 Å². The topological polar surface area (TPSA) is 46.2 Å². The predicted molar refractivity (Wildman–Crippen MR) is 64.7 cm³/mol. The molecular weight excluding hydrogens is 218 g/mol. The maximum Gasteiger partial charge on any atom is 0.148 e. The third-order valence-electron chi connectivity index (χ3n) is 1.82. The molecule has 0 amide bonds. The molecule has 5 heteroatoms. The molecule has 0 aromatic rings. The predicted octanol–water partition coefficient (Wildman–Crippen LogP) is 1.01. The Morgan fingerprint density at radius 1 is 1.36 bits per heavy atom. The van der Waals surface area contributed by atoms with Crippen molar-refractivity contribution in [2.75, 3.05) is 30.6 Å². The van der Waals surface area contributed by atoms with Crippen molar-refractivity contribution in [3.05, 3.63) is 0 Å². The summed E-state index contributed by atoms with van der Waals surface area (Å²) in [4.78, 5) is 0. The number of rotatable bonds is 7. The van der Waals surface area contributed by atoms with E-state index in [0.717, 1.165) is 12.3 Å². The van der Waals surface area contributed by atoms with Crippen molar-refractivity contribution >= 4 is 21.6 Å². The lowest BCUT2D eigenvalue weighted by Crippen LogP contribution is -2.35. The van der Waals surface area contributed by atoms with Gasteiger partial charge in [0.25, 0.3) is 0 Å². The second kappa shape index (κ2) is 6.69. The van der Waals surface area contributed by atoms with E-state index < -0.39 is 9.84 Å². The quantitative estimate of drug-likeness (QED) is 0.720. The Balaban J connectivity index is 3.69. The molecule has 0 aromatic carbocycles. The van der Waals surface area contributed by atoms with E-state index >= 15 is 0 Å². The molecule has 0 saturated carbocycles. The van der Waals surface area contributed by atoms with Crippen molar-refractivity contribution < 1.29 is 8.42 Å². The molecule has 0 fully saturated rings. The highest BCUT2D eigenvalue weighted by atomic mass is 32.2. The number of hydrogen-bond donors (Lipinski definition) is 1. The first kappa shape index (κ1) is 14.3. The third kappa shape index (κ3) is 8.84. The Bertz CT molecular complexity index is 239. The standard InChI is InChI=1S/C9H21NO2S2/c1-8(6-13-3)5-10-9(2)7-14(4,11)12/h8-10H,5-7H2,1-4H3. The van der Waals surface area contributed by atoms with Gasteiger partial charge in [-0.25, -0.2) is 8.42 Å². The Labute approximate surface area is 92.0 Å². The lowest BCUT2D eigenvalue weighted by molar-refractivity contribution is 0.505. The van der Waals surface area contributed by atoms with Crippen LogP contribution in [0.1, 0.15) is 13.8 Å². The van der Waals surface area contributed by atoms with Crippen LogP contribution >= 0.6 is 11.8 Å². The third-order valence-corrected chi connectivity index (χ3v) is 3.83. The van der Waals surface area contributed by atoms with Crippen molar-refractivity contribution in [1.29, 1.82) is 0 Å². The van der Waals surface area contributed by atoms with Gasteiger partial charge in [-0.3, -0.25) is 0 Å². The fraction of sp³-hybridized carbons (Fsp3) is 1.00. The van der Waals surface area contributed by atoms with Gasteiger partial charge in [0.15, 0.2) is 0 Å². The molecule has 0 aliphatic carbocycles. The van der Waals surface area contributed by atoms with Gasteiger partial charge in [-0.05, 0) is 31.4 Å². The van der Waals surface area contributed by atoms with Crippen LogP contribution in [0.25, 0.3) is 0 Å². The van der Waals surface area contributed by atoms with Crippen LogP contribution in [0.15, 0.2) is 0 Å². The van der Waals surface area contributed by atoms with Crippen molar-refractivity contribution in [1.82, 2.24) is 5.32 Å². The molecule has 86 valence electrons. The summed E-state index contributed by atoms with van der Waals surface area (Å²) in [6, 6.07) is 0.0503. The molecule has 3 nitrogen and oxygen atoms in total. The molecule has 0 aliphatic rings. The van der Waals surface area contributed by atoms with Crippen molar-refractivity contribution in [3.63, 3.8) is 0 Å². The molecule has 0 aromatic heterocycles. The summed E-state index contributed by atoms with van der Waals surface area (Å²) < 4.78 is 21.9. The molecule has 0 saturated heterocycles. The van der Waals surface area contributed by atoms with E-state index in [1.807, 2.05) is 18.7 Å². The van der Waals surface area contributed by atoms with Gasteiger partial charge in [-0.2, -0.15) is 11.8 Å². The highest BCUT2D eigenvalue weighted by Crippen LogP contribution is 2.03. The van der Waals surface area contributed by atoms with E-state index in [1.165, 1.54) is 6.26 Å². The summed E-state index contributed by atoms with van der Waals surface area (Å²) in [6.45, 7) is 4.96. The molecule has 0 radical (unpaired) electrons. The summed E-state index contributed by atoms with van der Waals surface area (Å²) in [6.07, 6.45) is 3.35. The van der Waals surface area contributed by atoms with Crippen molar-refractivity contribution in [3.8, 4) is 0 Å². The zero-order valence-electron chi connectivity index (χ0n) is 9.41. The summed E-state index contributed by atoms with van der Waals surface area (Å²) in [7, 11) is -2.85. The lowest BCUT2D eigenvalue weighted by atomic mass is 10.2. The number of thioether (sulfide) groups is 1. The van der Waals surface area contributed by atoms with E-state index in [0.29, 0.717) is 5.92 Å². The lowest BCUT2D eigenvalue weighted by Gasteiger charge is -2.16. The van der Waals surface area contributed by atoms with Gasteiger partial charge in [-0.15, -0.1) is 0 Å². The molecule has 0 bridgehead atoms. The average Bonchev–Trinajstić information content (AvgIpc) is 1.98. The van der Waals surface area contributed by atoms with Gasteiger partial charge in [0.1, 0.15) is 9.84 Å². The normalized spacial score (nSPS) is 16.6. The van der Waals surface area contributed by atoms with Crippen molar-refractivity contribution in [2.24, 2.45) is 5.92 Å². The largest absolute Gasteiger partial charge is 0.313 e.